The van der Waals surface area contributed by atoms with Gasteiger partial charge in [0.15, 0.2) is 11.0 Å². The highest BCUT2D eigenvalue weighted by atomic mass is 32.2. The Bertz CT molecular complexity index is 912. The first-order valence-corrected chi connectivity index (χ1v) is 10.2. The fraction of sp³-hybridized carbons (Fsp3) is 0.286. The van der Waals surface area contributed by atoms with Gasteiger partial charge in [-0.3, -0.25) is 9.36 Å². The van der Waals surface area contributed by atoms with E-state index >= 15 is 0 Å². The first kappa shape index (κ1) is 20.1. The molecule has 0 N–H and O–H groups in total. The predicted octanol–water partition coefficient (Wildman–Crippen LogP) is 4.42. The molecule has 0 aliphatic carbocycles. The van der Waals surface area contributed by atoms with Crippen LogP contribution in [0.2, 0.25) is 0 Å². The molecule has 0 saturated heterocycles. The Hall–Kier alpha value is -2.67. The summed E-state index contributed by atoms with van der Waals surface area (Å²) in [7, 11) is 1.82. The molecule has 0 spiro atoms. The van der Waals surface area contributed by atoms with Gasteiger partial charge in [-0.25, -0.2) is 4.39 Å². The molecule has 28 heavy (non-hydrogen) atoms. The number of thioether (sulfide) groups is 1. The molecule has 0 fully saturated rings. The minimum Gasteiger partial charge on any atom is -0.345 e. The number of rotatable bonds is 8. The van der Waals surface area contributed by atoms with Gasteiger partial charge in [0.1, 0.15) is 5.82 Å². The number of benzene rings is 2. The molecule has 1 aromatic heterocycles. The lowest BCUT2D eigenvalue weighted by molar-refractivity contribution is -0.127. The molecule has 1 heterocycles. The lowest BCUT2D eigenvalue weighted by Gasteiger charge is -2.16. The molecule has 0 bridgehead atoms. The minimum atomic E-state index is -0.301. The van der Waals surface area contributed by atoms with Crippen LogP contribution in [0, 0.1) is 5.82 Å². The molecule has 0 atom stereocenters. The Morgan fingerprint density at radius 1 is 1.11 bits per heavy atom. The molecule has 0 aliphatic heterocycles. The highest BCUT2D eigenvalue weighted by Crippen LogP contribution is 2.28. The third kappa shape index (κ3) is 4.78. The van der Waals surface area contributed by atoms with Gasteiger partial charge in [0.05, 0.1) is 5.75 Å². The van der Waals surface area contributed by atoms with Crippen molar-refractivity contribution in [2.75, 3.05) is 19.3 Å². The molecular weight excluding hydrogens is 375 g/mol. The second kappa shape index (κ2) is 9.50. The monoisotopic (exact) mass is 398 g/mol. The summed E-state index contributed by atoms with van der Waals surface area (Å²) in [6, 6.07) is 15.9. The SMILES string of the molecule is CCCCN(C)C(=O)CSc1nnc(-c2ccc(F)cc2)n1-c1ccccc1. The normalized spacial score (nSPS) is 10.8. The van der Waals surface area contributed by atoms with E-state index in [1.807, 2.05) is 41.9 Å². The number of amides is 1. The van der Waals surface area contributed by atoms with E-state index in [1.165, 1.54) is 23.9 Å². The largest absolute Gasteiger partial charge is 0.345 e. The number of carbonyl (C=O) groups excluding carboxylic acids is 1. The van der Waals surface area contributed by atoms with Crippen molar-refractivity contribution in [2.24, 2.45) is 0 Å². The molecule has 5 nitrogen and oxygen atoms in total. The number of halogens is 1. The highest BCUT2D eigenvalue weighted by Gasteiger charge is 2.18. The smallest absolute Gasteiger partial charge is 0.232 e. The number of unbranched alkanes of at least 4 members (excludes halogenated alkanes) is 1. The third-order valence-electron chi connectivity index (χ3n) is 4.35. The first-order valence-electron chi connectivity index (χ1n) is 9.23. The lowest BCUT2D eigenvalue weighted by Crippen LogP contribution is -2.29. The van der Waals surface area contributed by atoms with Gasteiger partial charge in [-0.05, 0) is 42.8 Å². The van der Waals surface area contributed by atoms with E-state index in [1.54, 1.807) is 17.0 Å². The van der Waals surface area contributed by atoms with Crippen LogP contribution in [0.15, 0.2) is 59.8 Å². The lowest BCUT2D eigenvalue weighted by atomic mass is 10.2. The molecule has 2 aromatic carbocycles. The number of hydrogen-bond acceptors (Lipinski definition) is 4. The summed E-state index contributed by atoms with van der Waals surface area (Å²) in [5, 5.41) is 9.23. The predicted molar refractivity (Wildman–Crippen MR) is 110 cm³/mol. The summed E-state index contributed by atoms with van der Waals surface area (Å²) in [6.45, 7) is 2.86. The molecule has 146 valence electrons. The maximum absolute atomic E-state index is 13.3. The van der Waals surface area contributed by atoms with Gasteiger partial charge in [-0.2, -0.15) is 0 Å². The zero-order chi connectivity index (χ0) is 19.9. The average Bonchev–Trinajstić information content (AvgIpc) is 3.15. The standard InChI is InChI=1S/C21H23FN4OS/c1-3-4-14-25(2)19(27)15-28-21-24-23-20(16-10-12-17(22)13-11-16)26(21)18-8-6-5-7-9-18/h5-13H,3-4,14-15H2,1-2H3. The van der Waals surface area contributed by atoms with Crippen LogP contribution in [0.4, 0.5) is 4.39 Å². The van der Waals surface area contributed by atoms with Crippen LogP contribution < -0.4 is 0 Å². The number of aromatic nitrogens is 3. The third-order valence-corrected chi connectivity index (χ3v) is 5.26. The van der Waals surface area contributed by atoms with Gasteiger partial charge >= 0.3 is 0 Å². The van der Waals surface area contributed by atoms with Gasteiger partial charge in [0, 0.05) is 24.8 Å². The van der Waals surface area contributed by atoms with Crippen molar-refractivity contribution < 1.29 is 9.18 Å². The second-order valence-electron chi connectivity index (χ2n) is 6.44. The molecule has 7 heteroatoms. The topological polar surface area (TPSA) is 51.0 Å². The Morgan fingerprint density at radius 2 is 1.82 bits per heavy atom. The average molecular weight is 399 g/mol. The van der Waals surface area contributed by atoms with Crippen molar-refractivity contribution in [1.29, 1.82) is 0 Å². The quantitative estimate of drug-likeness (QED) is 0.527. The summed E-state index contributed by atoms with van der Waals surface area (Å²) < 4.78 is 15.2. The highest BCUT2D eigenvalue weighted by molar-refractivity contribution is 7.99. The second-order valence-corrected chi connectivity index (χ2v) is 7.38. The van der Waals surface area contributed by atoms with Gasteiger partial charge < -0.3 is 4.90 Å². The van der Waals surface area contributed by atoms with E-state index in [-0.39, 0.29) is 17.5 Å². The van der Waals surface area contributed by atoms with Crippen LogP contribution in [0.1, 0.15) is 19.8 Å². The summed E-state index contributed by atoms with van der Waals surface area (Å²) in [5.41, 5.74) is 1.65. The number of nitrogens with zero attached hydrogens (tertiary/aromatic N) is 4. The van der Waals surface area contributed by atoms with Crippen molar-refractivity contribution in [3.63, 3.8) is 0 Å². The summed E-state index contributed by atoms with van der Waals surface area (Å²) in [6.07, 6.45) is 2.04. The van der Waals surface area contributed by atoms with E-state index in [2.05, 4.69) is 17.1 Å². The summed E-state index contributed by atoms with van der Waals surface area (Å²) in [5.74, 6) is 0.656. The maximum Gasteiger partial charge on any atom is 0.232 e. The van der Waals surface area contributed by atoms with Crippen LogP contribution >= 0.6 is 11.8 Å². The van der Waals surface area contributed by atoms with Gasteiger partial charge in [-0.15, -0.1) is 10.2 Å². The number of carbonyl (C=O) groups is 1. The van der Waals surface area contributed by atoms with Crippen LogP contribution in [0.5, 0.6) is 0 Å². The van der Waals surface area contributed by atoms with E-state index in [0.29, 0.717) is 11.0 Å². The molecule has 0 aliphatic rings. The van der Waals surface area contributed by atoms with Gasteiger partial charge in [0.2, 0.25) is 5.91 Å². The van der Waals surface area contributed by atoms with E-state index in [9.17, 15) is 9.18 Å². The molecule has 3 aromatic rings. The van der Waals surface area contributed by atoms with Gasteiger partial charge in [0.25, 0.3) is 0 Å². The molecule has 0 unspecified atom stereocenters. The Balaban J connectivity index is 1.87. The van der Waals surface area contributed by atoms with Crippen molar-refractivity contribution in [1.82, 2.24) is 19.7 Å². The molecule has 0 saturated carbocycles. The zero-order valence-electron chi connectivity index (χ0n) is 16.0. The molecular formula is C21H23FN4OS. The summed E-state index contributed by atoms with van der Waals surface area (Å²) >= 11 is 1.35. The van der Waals surface area contributed by atoms with Crippen LogP contribution in [-0.4, -0.2) is 44.9 Å². The van der Waals surface area contributed by atoms with Gasteiger partial charge in [-0.1, -0.05) is 43.3 Å². The van der Waals surface area contributed by atoms with Crippen LogP contribution in [0.25, 0.3) is 17.1 Å². The van der Waals surface area contributed by atoms with Crippen molar-refractivity contribution in [3.05, 3.63) is 60.4 Å². The fourth-order valence-electron chi connectivity index (χ4n) is 2.72. The van der Waals surface area contributed by atoms with E-state index in [4.69, 9.17) is 0 Å². The first-order chi connectivity index (χ1) is 13.6. The fourth-order valence-corrected chi connectivity index (χ4v) is 3.61. The Labute approximate surface area is 168 Å². The maximum atomic E-state index is 13.3. The van der Waals surface area contributed by atoms with Crippen LogP contribution in [0.3, 0.4) is 0 Å². The molecule has 1 amide bonds. The number of para-hydroxylation sites is 1. The minimum absolute atomic E-state index is 0.0596. The van der Waals surface area contributed by atoms with Crippen molar-refractivity contribution in [3.8, 4) is 17.1 Å². The Morgan fingerprint density at radius 3 is 2.50 bits per heavy atom. The number of hydrogen-bond donors (Lipinski definition) is 0. The van der Waals surface area contributed by atoms with E-state index in [0.717, 1.165) is 30.6 Å². The van der Waals surface area contributed by atoms with Crippen molar-refractivity contribution >= 4 is 17.7 Å². The molecule has 3 rings (SSSR count). The molecule has 0 radical (unpaired) electrons. The zero-order valence-corrected chi connectivity index (χ0v) is 16.8. The Kier molecular flexibility index (Phi) is 6.81. The van der Waals surface area contributed by atoms with Crippen molar-refractivity contribution in [2.45, 2.75) is 24.9 Å². The summed E-state index contributed by atoms with van der Waals surface area (Å²) in [4.78, 5) is 14.1. The van der Waals surface area contributed by atoms with E-state index < -0.39 is 0 Å². The van der Waals surface area contributed by atoms with Crippen LogP contribution in [-0.2, 0) is 4.79 Å².